The number of ether oxygens (including phenoxy) is 5. The number of rotatable bonds is 16. The van der Waals surface area contributed by atoms with Gasteiger partial charge in [-0.15, -0.1) is 0 Å². The van der Waals surface area contributed by atoms with E-state index in [1.165, 1.54) is 6.42 Å². The van der Waals surface area contributed by atoms with Crippen molar-refractivity contribution >= 4 is 23.6 Å². The summed E-state index contributed by atoms with van der Waals surface area (Å²) in [6.07, 6.45) is 5.07. The van der Waals surface area contributed by atoms with E-state index in [4.69, 9.17) is 23.7 Å². The van der Waals surface area contributed by atoms with E-state index in [2.05, 4.69) is 27.4 Å². The van der Waals surface area contributed by atoms with Gasteiger partial charge in [-0.1, -0.05) is 56.2 Å². The van der Waals surface area contributed by atoms with Crippen LogP contribution in [-0.4, -0.2) is 106 Å². The zero-order valence-corrected chi connectivity index (χ0v) is 29.9. The molecule has 12 nitrogen and oxygen atoms in total. The molecule has 0 aliphatic carbocycles. The van der Waals surface area contributed by atoms with Crippen LogP contribution in [0.2, 0.25) is 0 Å². The van der Waals surface area contributed by atoms with Crippen molar-refractivity contribution in [2.45, 2.75) is 51.6 Å². The minimum Gasteiger partial charge on any atom is -0.494 e. The highest BCUT2D eigenvalue weighted by atomic mass is 16.6. The largest absolute Gasteiger partial charge is 0.494 e. The molecule has 3 aromatic carbocycles. The Labute approximate surface area is 302 Å². The molecular weight excluding hydrogens is 652 g/mol. The standard InChI is InChI=1S/C22H27N3O4.C17H27NO3.H2O/c26-21(23-18-10-4-1-5-11-18)28-17-20(16-25-14-8-3-9-15-25)29-22(27)24-19-12-6-2-7-13-19;1-2-3-12-20-16-5-7-17(8-6-16)21-13-4-9-18-10-14-19-15-11-18;/h1-2,4-7,10-13,20H,3,8-9,14-17H2,(H,23,26)(H,24,27);5-8H,2-4,9-15H2,1H3;1H2. The van der Waals surface area contributed by atoms with Crippen molar-refractivity contribution in [3.05, 3.63) is 84.9 Å². The van der Waals surface area contributed by atoms with Gasteiger partial charge in [0, 0.05) is 37.6 Å². The van der Waals surface area contributed by atoms with Crippen LogP contribution in [0.3, 0.4) is 0 Å². The SMILES string of the molecule is CCCCOc1ccc(OCCCN2CCOCC2)cc1.O.O=C(Nc1ccccc1)OCC(CN1CCCCC1)OC(=O)Nc1ccccc1. The number of hydrogen-bond donors (Lipinski definition) is 2. The van der Waals surface area contributed by atoms with Crippen LogP contribution >= 0.6 is 0 Å². The van der Waals surface area contributed by atoms with Gasteiger partial charge in [0.25, 0.3) is 0 Å². The molecule has 1 unspecified atom stereocenters. The van der Waals surface area contributed by atoms with Gasteiger partial charge in [0.1, 0.15) is 18.1 Å². The predicted molar refractivity (Wildman–Crippen MR) is 200 cm³/mol. The van der Waals surface area contributed by atoms with E-state index in [0.29, 0.717) is 17.9 Å². The fraction of sp³-hybridized carbons (Fsp3) is 0.487. The third kappa shape index (κ3) is 17.4. The molecule has 3 aromatic rings. The van der Waals surface area contributed by atoms with Crippen molar-refractivity contribution < 1.29 is 38.7 Å². The number of carbonyl (C=O) groups excluding carboxylic acids is 2. The van der Waals surface area contributed by atoms with Crippen molar-refractivity contribution in [1.82, 2.24) is 9.80 Å². The molecule has 51 heavy (non-hydrogen) atoms. The molecule has 5 rings (SSSR count). The molecule has 0 radical (unpaired) electrons. The minimum atomic E-state index is -0.577. The Morgan fingerprint density at radius 1 is 0.706 bits per heavy atom. The zero-order valence-electron chi connectivity index (χ0n) is 29.9. The number of amides is 2. The third-order valence-electron chi connectivity index (χ3n) is 8.21. The first kappa shape index (κ1) is 41.1. The predicted octanol–water partition coefficient (Wildman–Crippen LogP) is 6.48. The average Bonchev–Trinajstić information content (AvgIpc) is 3.15. The fourth-order valence-corrected chi connectivity index (χ4v) is 5.49. The van der Waals surface area contributed by atoms with Gasteiger partial charge >= 0.3 is 12.2 Å². The second-order valence-corrected chi connectivity index (χ2v) is 12.3. The lowest BCUT2D eigenvalue weighted by Crippen LogP contribution is -2.41. The molecule has 12 heteroatoms. The molecule has 4 N–H and O–H groups in total. The number of likely N-dealkylation sites (tertiary alicyclic amines) is 1. The van der Waals surface area contributed by atoms with Gasteiger partial charge in [0.05, 0.1) is 26.4 Å². The number of unbranched alkanes of at least 4 members (excludes halogenated alkanes) is 1. The summed E-state index contributed by atoms with van der Waals surface area (Å²) in [5, 5.41) is 5.36. The van der Waals surface area contributed by atoms with Gasteiger partial charge in [0.2, 0.25) is 0 Å². The molecule has 280 valence electrons. The summed E-state index contributed by atoms with van der Waals surface area (Å²) in [6.45, 7) is 11.0. The molecule has 2 heterocycles. The van der Waals surface area contributed by atoms with Crippen LogP contribution in [0.25, 0.3) is 0 Å². The number of piperidine rings is 1. The monoisotopic (exact) mass is 708 g/mol. The lowest BCUT2D eigenvalue weighted by Gasteiger charge is -2.30. The average molecular weight is 709 g/mol. The van der Waals surface area contributed by atoms with Crippen molar-refractivity contribution in [3.63, 3.8) is 0 Å². The summed E-state index contributed by atoms with van der Waals surface area (Å²) in [7, 11) is 0. The Bertz CT molecular complexity index is 1340. The number of anilines is 2. The second kappa shape index (κ2) is 24.7. The number of nitrogens with zero attached hydrogens (tertiary/aromatic N) is 2. The first-order valence-corrected chi connectivity index (χ1v) is 18.0. The van der Waals surface area contributed by atoms with Gasteiger partial charge in [-0.05, 0) is 87.3 Å². The van der Waals surface area contributed by atoms with Gasteiger partial charge in [0.15, 0.2) is 6.10 Å². The molecule has 0 aromatic heterocycles. The highest BCUT2D eigenvalue weighted by Crippen LogP contribution is 2.18. The number of benzene rings is 3. The zero-order chi connectivity index (χ0) is 35.1. The summed E-state index contributed by atoms with van der Waals surface area (Å²) < 4.78 is 27.6. The highest BCUT2D eigenvalue weighted by molar-refractivity contribution is 5.85. The second-order valence-electron chi connectivity index (χ2n) is 12.3. The lowest BCUT2D eigenvalue weighted by molar-refractivity contribution is 0.0299. The maximum Gasteiger partial charge on any atom is 0.412 e. The number of para-hydroxylation sites is 2. The van der Waals surface area contributed by atoms with Crippen LogP contribution in [0.15, 0.2) is 84.9 Å². The lowest BCUT2D eigenvalue weighted by atomic mass is 10.1. The Balaban J connectivity index is 0.000000284. The molecule has 1 atom stereocenters. The Kier molecular flexibility index (Phi) is 19.9. The maximum absolute atomic E-state index is 12.3. The highest BCUT2D eigenvalue weighted by Gasteiger charge is 2.22. The van der Waals surface area contributed by atoms with Gasteiger partial charge in [-0.2, -0.15) is 0 Å². The maximum atomic E-state index is 12.3. The van der Waals surface area contributed by atoms with E-state index >= 15 is 0 Å². The molecule has 2 saturated heterocycles. The first-order valence-electron chi connectivity index (χ1n) is 18.0. The summed E-state index contributed by atoms with van der Waals surface area (Å²) in [4.78, 5) is 29.0. The number of hydrogen-bond acceptors (Lipinski definition) is 9. The van der Waals surface area contributed by atoms with Crippen LogP contribution < -0.4 is 20.1 Å². The van der Waals surface area contributed by atoms with Crippen LogP contribution in [0.5, 0.6) is 11.5 Å². The third-order valence-corrected chi connectivity index (χ3v) is 8.21. The number of carbonyl (C=O) groups is 2. The van der Waals surface area contributed by atoms with Gasteiger partial charge < -0.3 is 29.2 Å². The summed E-state index contributed by atoms with van der Waals surface area (Å²) >= 11 is 0. The smallest absolute Gasteiger partial charge is 0.412 e. The van der Waals surface area contributed by atoms with E-state index in [9.17, 15) is 9.59 Å². The number of nitrogens with one attached hydrogen (secondary N) is 2. The van der Waals surface area contributed by atoms with Crippen molar-refractivity contribution in [1.29, 1.82) is 0 Å². The molecule has 2 aliphatic rings. The first-order chi connectivity index (χ1) is 24.6. The molecule has 2 amide bonds. The van der Waals surface area contributed by atoms with Crippen LogP contribution in [-0.2, 0) is 14.2 Å². The quantitative estimate of drug-likeness (QED) is 0.160. The number of morpholine rings is 1. The summed E-state index contributed by atoms with van der Waals surface area (Å²) in [6, 6.07) is 26.1. The van der Waals surface area contributed by atoms with Crippen molar-refractivity contribution in [2.24, 2.45) is 0 Å². The van der Waals surface area contributed by atoms with Gasteiger partial charge in [-0.25, -0.2) is 9.59 Å². The summed E-state index contributed by atoms with van der Waals surface area (Å²) in [5.41, 5.74) is 1.30. The van der Waals surface area contributed by atoms with Crippen molar-refractivity contribution in [2.75, 3.05) is 82.9 Å². The van der Waals surface area contributed by atoms with Crippen LogP contribution in [0, 0.1) is 0 Å². The normalized spacial score (nSPS) is 15.2. The van der Waals surface area contributed by atoms with E-state index < -0.39 is 18.3 Å². The molecular formula is C39H56N4O8. The van der Waals surface area contributed by atoms with Crippen LogP contribution in [0.4, 0.5) is 21.0 Å². The van der Waals surface area contributed by atoms with Gasteiger partial charge in [-0.3, -0.25) is 20.4 Å². The van der Waals surface area contributed by atoms with Crippen molar-refractivity contribution in [3.8, 4) is 11.5 Å². The van der Waals surface area contributed by atoms with E-state index in [0.717, 1.165) is 103 Å². The fourth-order valence-electron chi connectivity index (χ4n) is 5.49. The molecule has 0 spiro atoms. The molecule has 0 bridgehead atoms. The van der Waals surface area contributed by atoms with E-state index in [-0.39, 0.29) is 12.1 Å². The van der Waals surface area contributed by atoms with E-state index in [1.807, 2.05) is 60.7 Å². The molecule has 0 saturated carbocycles. The topological polar surface area (TPSA) is 142 Å². The minimum absolute atomic E-state index is 0. The Hall–Kier alpha value is -4.36. The Morgan fingerprint density at radius 2 is 1.25 bits per heavy atom. The Morgan fingerprint density at radius 3 is 1.82 bits per heavy atom. The van der Waals surface area contributed by atoms with E-state index in [1.54, 1.807) is 24.3 Å². The van der Waals surface area contributed by atoms with Crippen LogP contribution in [0.1, 0.15) is 45.4 Å². The molecule has 2 aliphatic heterocycles. The molecule has 2 fully saturated rings. The summed E-state index contributed by atoms with van der Waals surface area (Å²) in [5.74, 6) is 1.84.